The predicted octanol–water partition coefficient (Wildman–Crippen LogP) is 2.05. The Balaban J connectivity index is 2.04. The summed E-state index contributed by atoms with van der Waals surface area (Å²) in [5.74, 6) is -1.21. The average molecular weight is 393 g/mol. The Bertz CT molecular complexity index is 743. The highest BCUT2D eigenvalue weighted by Crippen LogP contribution is 2.19. The smallest absolute Gasteiger partial charge is 0.326 e. The maximum atomic E-state index is 13.4. The van der Waals surface area contributed by atoms with Gasteiger partial charge in [0.15, 0.2) is 0 Å². The summed E-state index contributed by atoms with van der Waals surface area (Å²) >= 11 is 0. The minimum atomic E-state index is -0.845. The van der Waals surface area contributed by atoms with Gasteiger partial charge in [0.1, 0.15) is 18.0 Å². The fourth-order valence-corrected chi connectivity index (χ4v) is 2.67. The fourth-order valence-electron chi connectivity index (χ4n) is 2.67. The molecule has 0 bridgehead atoms. The van der Waals surface area contributed by atoms with Gasteiger partial charge in [0.05, 0.1) is 5.71 Å². The number of likely N-dealkylation sites (N-methyl/N-ethyl adjacent to an activating group) is 1. The number of halogens is 1. The monoisotopic (exact) mass is 393 g/mol. The molecule has 1 heterocycles. The molecule has 0 fully saturated rings. The zero-order valence-corrected chi connectivity index (χ0v) is 17.1. The van der Waals surface area contributed by atoms with Crippen LogP contribution in [-0.4, -0.2) is 72.8 Å². The normalized spacial score (nSPS) is 16.5. The molecule has 1 atom stereocenters. The largest absolute Gasteiger partial charge is 0.459 e. The highest BCUT2D eigenvalue weighted by Gasteiger charge is 2.34. The van der Waals surface area contributed by atoms with Gasteiger partial charge in [0.2, 0.25) is 6.10 Å². The van der Waals surface area contributed by atoms with Crippen molar-refractivity contribution in [2.45, 2.75) is 38.9 Å². The molecule has 1 unspecified atom stereocenters. The zero-order chi connectivity index (χ0) is 20.9. The van der Waals surface area contributed by atoms with E-state index in [2.05, 4.69) is 5.16 Å². The van der Waals surface area contributed by atoms with E-state index in [4.69, 9.17) is 9.57 Å². The van der Waals surface area contributed by atoms with E-state index in [1.165, 1.54) is 17.0 Å². The molecule has 1 aliphatic rings. The Labute approximate surface area is 165 Å². The topological polar surface area (TPSA) is 71.4 Å². The maximum Gasteiger partial charge on any atom is 0.326 e. The van der Waals surface area contributed by atoms with Gasteiger partial charge in [-0.05, 0) is 47.0 Å². The van der Waals surface area contributed by atoms with Gasteiger partial charge in [-0.3, -0.25) is 9.59 Å². The van der Waals surface area contributed by atoms with Crippen molar-refractivity contribution in [2.24, 2.45) is 5.16 Å². The Morgan fingerprint density at radius 3 is 2.61 bits per heavy atom. The third-order valence-electron chi connectivity index (χ3n) is 3.97. The summed E-state index contributed by atoms with van der Waals surface area (Å²) < 4.78 is 18.8. The van der Waals surface area contributed by atoms with E-state index in [1.54, 1.807) is 32.9 Å². The first-order valence-electron chi connectivity index (χ1n) is 9.19. The van der Waals surface area contributed by atoms with E-state index in [-0.39, 0.29) is 24.7 Å². The predicted molar refractivity (Wildman–Crippen MR) is 103 cm³/mol. The Morgan fingerprint density at radius 1 is 1.29 bits per heavy atom. The lowest BCUT2D eigenvalue weighted by Crippen LogP contribution is -2.46. The summed E-state index contributed by atoms with van der Waals surface area (Å²) in [6.45, 7) is 6.08. The van der Waals surface area contributed by atoms with Crippen LogP contribution >= 0.6 is 0 Å². The van der Waals surface area contributed by atoms with Gasteiger partial charge in [-0.25, -0.2) is 4.39 Å². The number of amides is 1. The molecule has 28 heavy (non-hydrogen) atoms. The van der Waals surface area contributed by atoms with Crippen molar-refractivity contribution in [2.75, 3.05) is 33.7 Å². The van der Waals surface area contributed by atoms with Crippen molar-refractivity contribution in [1.82, 2.24) is 9.80 Å². The van der Waals surface area contributed by atoms with Gasteiger partial charge >= 0.3 is 5.97 Å². The molecule has 0 spiro atoms. The summed E-state index contributed by atoms with van der Waals surface area (Å²) in [7, 11) is 3.76. The first-order chi connectivity index (χ1) is 13.0. The average Bonchev–Trinajstić information content (AvgIpc) is 3.06. The van der Waals surface area contributed by atoms with E-state index >= 15 is 0 Å². The van der Waals surface area contributed by atoms with Gasteiger partial charge in [0.25, 0.3) is 5.91 Å². The van der Waals surface area contributed by atoms with Crippen molar-refractivity contribution in [1.29, 1.82) is 0 Å². The van der Waals surface area contributed by atoms with E-state index in [0.29, 0.717) is 24.4 Å². The Kier molecular flexibility index (Phi) is 7.12. The first-order valence-corrected chi connectivity index (χ1v) is 9.19. The molecule has 8 heteroatoms. The van der Waals surface area contributed by atoms with Crippen LogP contribution in [0.5, 0.6) is 0 Å². The van der Waals surface area contributed by atoms with Crippen molar-refractivity contribution < 1.29 is 23.6 Å². The molecule has 7 nitrogen and oxygen atoms in total. The highest BCUT2D eigenvalue weighted by molar-refractivity contribution is 6.04. The molecule has 154 valence electrons. The van der Waals surface area contributed by atoms with Crippen molar-refractivity contribution >= 4 is 17.6 Å². The number of ether oxygens (including phenoxy) is 1. The van der Waals surface area contributed by atoms with Crippen LogP contribution in [0.1, 0.15) is 32.8 Å². The van der Waals surface area contributed by atoms with Gasteiger partial charge in [-0.1, -0.05) is 17.3 Å². The molecule has 1 aromatic rings. The lowest BCUT2D eigenvalue weighted by atomic mass is 10.0. The second kappa shape index (κ2) is 9.14. The van der Waals surface area contributed by atoms with Crippen LogP contribution in [0.4, 0.5) is 4.39 Å². The molecule has 1 aliphatic heterocycles. The van der Waals surface area contributed by atoms with Gasteiger partial charge in [0, 0.05) is 25.1 Å². The van der Waals surface area contributed by atoms with E-state index in [1.807, 2.05) is 19.0 Å². The summed E-state index contributed by atoms with van der Waals surface area (Å²) in [6, 6.07) is 5.97. The number of rotatable bonds is 7. The summed E-state index contributed by atoms with van der Waals surface area (Å²) in [4.78, 5) is 33.8. The lowest BCUT2D eigenvalue weighted by molar-refractivity contribution is -0.161. The molecule has 0 aromatic heterocycles. The van der Waals surface area contributed by atoms with Crippen LogP contribution < -0.4 is 0 Å². The van der Waals surface area contributed by atoms with E-state index in [9.17, 15) is 14.0 Å². The molecular weight excluding hydrogens is 365 g/mol. The quantitative estimate of drug-likeness (QED) is 0.663. The standard InChI is InChI=1S/C20H28FN3O4/c1-20(2,3)27-18(25)13-24(10-9-23(4)5)19(26)17-12-16(22-28-17)14-7-6-8-15(21)11-14/h6-8,11,17H,9-10,12-13H2,1-5H3. The van der Waals surface area contributed by atoms with Crippen LogP contribution in [-0.2, 0) is 19.2 Å². The molecule has 0 N–H and O–H groups in total. The van der Waals surface area contributed by atoms with Crippen molar-refractivity contribution in [3.63, 3.8) is 0 Å². The van der Waals surface area contributed by atoms with E-state index in [0.717, 1.165) is 0 Å². The highest BCUT2D eigenvalue weighted by atomic mass is 19.1. The molecule has 0 radical (unpaired) electrons. The minimum absolute atomic E-state index is 0.168. The molecule has 0 saturated heterocycles. The second-order valence-corrected chi connectivity index (χ2v) is 8.00. The zero-order valence-electron chi connectivity index (χ0n) is 17.1. The van der Waals surface area contributed by atoms with Gasteiger partial charge in [-0.2, -0.15) is 0 Å². The number of benzene rings is 1. The molecule has 0 saturated carbocycles. The second-order valence-electron chi connectivity index (χ2n) is 8.00. The molecule has 1 aromatic carbocycles. The first kappa shape index (κ1) is 21.8. The van der Waals surface area contributed by atoms with E-state index < -0.39 is 17.7 Å². The summed E-state index contributed by atoms with van der Waals surface area (Å²) in [5.41, 5.74) is 0.440. The van der Waals surface area contributed by atoms with Crippen LogP contribution in [0.3, 0.4) is 0 Å². The number of nitrogens with zero attached hydrogens (tertiary/aromatic N) is 3. The number of esters is 1. The van der Waals surface area contributed by atoms with Crippen LogP contribution in [0.25, 0.3) is 0 Å². The molecular formula is C20H28FN3O4. The number of carbonyl (C=O) groups is 2. The number of hydrogen-bond donors (Lipinski definition) is 0. The minimum Gasteiger partial charge on any atom is -0.459 e. The SMILES string of the molecule is CN(C)CCN(CC(=O)OC(C)(C)C)C(=O)C1CC(c2cccc(F)c2)=NO1. The molecule has 1 amide bonds. The Hall–Kier alpha value is -2.48. The van der Waals surface area contributed by atoms with Gasteiger partial charge < -0.3 is 19.4 Å². The summed E-state index contributed by atoms with van der Waals surface area (Å²) in [6.07, 6.45) is -0.627. The molecule has 0 aliphatic carbocycles. The van der Waals surface area contributed by atoms with Crippen molar-refractivity contribution in [3.8, 4) is 0 Å². The van der Waals surface area contributed by atoms with Crippen LogP contribution in [0.15, 0.2) is 29.4 Å². The number of oxime groups is 1. The van der Waals surface area contributed by atoms with Crippen LogP contribution in [0.2, 0.25) is 0 Å². The summed E-state index contributed by atoms with van der Waals surface area (Å²) in [5, 5.41) is 3.94. The number of carbonyl (C=O) groups excluding carboxylic acids is 2. The van der Waals surface area contributed by atoms with Crippen LogP contribution in [0, 0.1) is 5.82 Å². The van der Waals surface area contributed by atoms with Crippen molar-refractivity contribution in [3.05, 3.63) is 35.6 Å². The maximum absolute atomic E-state index is 13.4. The number of hydrogen-bond acceptors (Lipinski definition) is 6. The lowest BCUT2D eigenvalue weighted by Gasteiger charge is -2.27. The molecule has 2 rings (SSSR count). The fraction of sp³-hybridized carbons (Fsp3) is 0.550. The Morgan fingerprint density at radius 2 is 2.00 bits per heavy atom. The third kappa shape index (κ3) is 6.60. The van der Waals surface area contributed by atoms with Gasteiger partial charge in [-0.15, -0.1) is 0 Å². The third-order valence-corrected chi connectivity index (χ3v) is 3.97.